The first-order chi connectivity index (χ1) is 15.6. The van der Waals surface area contributed by atoms with Crippen molar-refractivity contribution in [3.63, 3.8) is 0 Å². The van der Waals surface area contributed by atoms with E-state index in [1.807, 2.05) is 54.6 Å². The van der Waals surface area contributed by atoms with Crippen molar-refractivity contribution < 1.29 is 14.6 Å². The van der Waals surface area contributed by atoms with E-state index in [1.54, 1.807) is 29.2 Å². The van der Waals surface area contributed by atoms with E-state index in [2.05, 4.69) is 0 Å². The molecule has 4 nitrogen and oxygen atoms in total. The van der Waals surface area contributed by atoms with Crippen molar-refractivity contribution in [2.45, 2.75) is 18.9 Å². The molecule has 0 aromatic heterocycles. The van der Waals surface area contributed by atoms with Crippen LogP contribution in [-0.4, -0.2) is 42.2 Å². The maximum Gasteiger partial charge on any atom is 0.253 e. The van der Waals surface area contributed by atoms with Crippen LogP contribution in [0.1, 0.15) is 33.8 Å². The summed E-state index contributed by atoms with van der Waals surface area (Å²) in [6, 6.07) is 24.6. The third-order valence-corrected chi connectivity index (χ3v) is 6.00. The first kappa shape index (κ1) is 24.3. The Morgan fingerprint density at radius 2 is 1.62 bits per heavy atom. The molecule has 3 aromatic carbocycles. The van der Waals surface area contributed by atoms with Crippen LogP contribution in [0, 0.1) is 0 Å². The molecule has 0 heterocycles. The fourth-order valence-corrected chi connectivity index (χ4v) is 3.84. The van der Waals surface area contributed by atoms with E-state index in [9.17, 15) is 9.90 Å². The SMILES string of the molecule is O=C(c1ccccc1)N(CCOCc1ccccc1)CC(CCO)c1ccc(Cl)c(Cl)c1. The van der Waals surface area contributed by atoms with Gasteiger partial charge in [0, 0.05) is 31.2 Å². The van der Waals surface area contributed by atoms with Crippen molar-refractivity contribution in [1.29, 1.82) is 0 Å². The molecule has 0 aliphatic rings. The van der Waals surface area contributed by atoms with Gasteiger partial charge in [0.05, 0.1) is 23.3 Å². The molecule has 1 atom stereocenters. The number of hydrogen-bond acceptors (Lipinski definition) is 3. The number of carbonyl (C=O) groups excluding carboxylic acids is 1. The number of amides is 1. The van der Waals surface area contributed by atoms with E-state index < -0.39 is 0 Å². The highest BCUT2D eigenvalue weighted by molar-refractivity contribution is 6.42. The van der Waals surface area contributed by atoms with E-state index in [-0.39, 0.29) is 18.4 Å². The summed E-state index contributed by atoms with van der Waals surface area (Å²) in [5.41, 5.74) is 2.64. The standard InChI is InChI=1S/C26H27Cl2NO3/c27-24-12-11-22(17-25(24)28)23(13-15-30)18-29(26(31)21-9-5-2-6-10-21)14-16-32-19-20-7-3-1-4-8-20/h1-12,17,23,30H,13-16,18-19H2. The molecule has 0 bridgehead atoms. The summed E-state index contributed by atoms with van der Waals surface area (Å²) >= 11 is 12.3. The van der Waals surface area contributed by atoms with Crippen LogP contribution in [0.25, 0.3) is 0 Å². The van der Waals surface area contributed by atoms with Crippen molar-refractivity contribution in [2.75, 3.05) is 26.3 Å². The minimum absolute atomic E-state index is 0.00276. The molecule has 0 saturated heterocycles. The van der Waals surface area contributed by atoms with Crippen LogP contribution in [0.4, 0.5) is 0 Å². The quantitative estimate of drug-likeness (QED) is 0.358. The van der Waals surface area contributed by atoms with E-state index in [1.165, 1.54) is 0 Å². The number of nitrogens with zero attached hydrogens (tertiary/aromatic N) is 1. The molecule has 6 heteroatoms. The monoisotopic (exact) mass is 471 g/mol. The molecular weight excluding hydrogens is 445 g/mol. The highest BCUT2D eigenvalue weighted by atomic mass is 35.5. The molecule has 0 aliphatic heterocycles. The summed E-state index contributed by atoms with van der Waals surface area (Å²) in [5, 5.41) is 10.6. The topological polar surface area (TPSA) is 49.8 Å². The molecule has 0 saturated carbocycles. The number of aliphatic hydroxyl groups is 1. The minimum Gasteiger partial charge on any atom is -0.396 e. The van der Waals surface area contributed by atoms with Crippen LogP contribution >= 0.6 is 23.2 Å². The van der Waals surface area contributed by atoms with Gasteiger partial charge < -0.3 is 14.7 Å². The summed E-state index contributed by atoms with van der Waals surface area (Å²) in [7, 11) is 0. The highest BCUT2D eigenvalue weighted by Gasteiger charge is 2.22. The van der Waals surface area contributed by atoms with Gasteiger partial charge in [-0.15, -0.1) is 0 Å². The molecule has 0 aliphatic carbocycles. The second kappa shape index (κ2) is 12.6. The van der Waals surface area contributed by atoms with E-state index in [0.717, 1.165) is 11.1 Å². The smallest absolute Gasteiger partial charge is 0.253 e. The Morgan fingerprint density at radius 1 is 0.938 bits per heavy atom. The molecule has 168 valence electrons. The number of hydrogen-bond donors (Lipinski definition) is 1. The number of rotatable bonds is 11. The van der Waals surface area contributed by atoms with Crippen molar-refractivity contribution in [3.8, 4) is 0 Å². The molecule has 3 aromatic rings. The summed E-state index contributed by atoms with van der Waals surface area (Å²) < 4.78 is 5.84. The lowest BCUT2D eigenvalue weighted by atomic mass is 9.95. The Labute approximate surface area is 199 Å². The van der Waals surface area contributed by atoms with Crippen LogP contribution < -0.4 is 0 Å². The Balaban J connectivity index is 1.73. The zero-order valence-electron chi connectivity index (χ0n) is 17.8. The lowest BCUT2D eigenvalue weighted by molar-refractivity contribution is 0.0595. The zero-order chi connectivity index (χ0) is 22.8. The molecule has 1 unspecified atom stereocenters. The average molecular weight is 472 g/mol. The first-order valence-corrected chi connectivity index (χ1v) is 11.4. The lowest BCUT2D eigenvalue weighted by Crippen LogP contribution is -2.37. The Kier molecular flexibility index (Phi) is 9.57. The van der Waals surface area contributed by atoms with Crippen molar-refractivity contribution in [2.24, 2.45) is 0 Å². The molecule has 3 rings (SSSR count). The van der Waals surface area contributed by atoms with Crippen LogP contribution in [0.3, 0.4) is 0 Å². The average Bonchev–Trinajstić information content (AvgIpc) is 2.83. The van der Waals surface area contributed by atoms with Crippen LogP contribution in [0.15, 0.2) is 78.9 Å². The molecule has 1 N–H and O–H groups in total. The predicted molar refractivity (Wildman–Crippen MR) is 129 cm³/mol. The van der Waals surface area contributed by atoms with Gasteiger partial charge in [-0.05, 0) is 41.8 Å². The highest BCUT2D eigenvalue weighted by Crippen LogP contribution is 2.29. The molecule has 32 heavy (non-hydrogen) atoms. The lowest BCUT2D eigenvalue weighted by Gasteiger charge is -2.28. The van der Waals surface area contributed by atoms with Gasteiger partial charge in [-0.25, -0.2) is 0 Å². The minimum atomic E-state index is -0.0865. The summed E-state index contributed by atoms with van der Waals surface area (Å²) in [4.78, 5) is 15.0. The number of ether oxygens (including phenoxy) is 1. The molecule has 1 amide bonds. The summed E-state index contributed by atoms with van der Waals surface area (Å²) in [5.74, 6) is -0.159. The van der Waals surface area contributed by atoms with Gasteiger partial charge in [-0.3, -0.25) is 4.79 Å². The fraction of sp³-hybridized carbons (Fsp3) is 0.269. The molecule has 0 spiro atoms. The fourth-order valence-electron chi connectivity index (χ4n) is 3.53. The van der Waals surface area contributed by atoms with Gasteiger partial charge in [-0.1, -0.05) is 77.8 Å². The van der Waals surface area contributed by atoms with Gasteiger partial charge in [0.15, 0.2) is 0 Å². The van der Waals surface area contributed by atoms with E-state index in [4.69, 9.17) is 27.9 Å². The summed E-state index contributed by atoms with van der Waals surface area (Å²) in [6.07, 6.45) is 0.501. The van der Waals surface area contributed by atoms with Gasteiger partial charge in [0.2, 0.25) is 0 Å². The second-order valence-corrected chi connectivity index (χ2v) is 8.35. The summed E-state index contributed by atoms with van der Waals surface area (Å²) in [6.45, 7) is 1.76. The van der Waals surface area contributed by atoms with Crippen molar-refractivity contribution in [3.05, 3.63) is 106 Å². The second-order valence-electron chi connectivity index (χ2n) is 7.54. The Bertz CT molecular complexity index is 983. The Morgan fingerprint density at radius 3 is 2.28 bits per heavy atom. The van der Waals surface area contributed by atoms with E-state index >= 15 is 0 Å². The Hall–Kier alpha value is -2.37. The van der Waals surface area contributed by atoms with Crippen LogP contribution in [0.5, 0.6) is 0 Å². The van der Waals surface area contributed by atoms with Gasteiger partial charge in [0.25, 0.3) is 5.91 Å². The number of halogens is 2. The van der Waals surface area contributed by atoms with Crippen LogP contribution in [0.2, 0.25) is 10.0 Å². The molecule has 0 fully saturated rings. The maximum absolute atomic E-state index is 13.3. The van der Waals surface area contributed by atoms with Crippen molar-refractivity contribution in [1.82, 2.24) is 4.90 Å². The van der Waals surface area contributed by atoms with Crippen LogP contribution in [-0.2, 0) is 11.3 Å². The maximum atomic E-state index is 13.3. The third kappa shape index (κ3) is 7.07. The zero-order valence-corrected chi connectivity index (χ0v) is 19.3. The molecule has 0 radical (unpaired) electrons. The van der Waals surface area contributed by atoms with Gasteiger partial charge in [-0.2, -0.15) is 0 Å². The van der Waals surface area contributed by atoms with E-state index in [0.29, 0.717) is 48.3 Å². The predicted octanol–water partition coefficient (Wildman–Crippen LogP) is 5.82. The largest absolute Gasteiger partial charge is 0.396 e. The number of carbonyl (C=O) groups is 1. The number of benzene rings is 3. The first-order valence-electron chi connectivity index (χ1n) is 10.6. The molecular formula is C26H27Cl2NO3. The third-order valence-electron chi connectivity index (χ3n) is 5.26. The van der Waals surface area contributed by atoms with Gasteiger partial charge >= 0.3 is 0 Å². The normalized spacial score (nSPS) is 11.8. The van der Waals surface area contributed by atoms with Crippen molar-refractivity contribution >= 4 is 29.1 Å². The van der Waals surface area contributed by atoms with Gasteiger partial charge in [0.1, 0.15) is 0 Å². The number of aliphatic hydroxyl groups excluding tert-OH is 1.